The number of aryl methyl sites for hydroxylation is 1. The van der Waals surface area contributed by atoms with Crippen LogP contribution >= 0.6 is 0 Å². The standard InChI is InChI=1S/C11H11FN4O3/c1-16-10(7-3-8(12)5-13-4-7)14-11(15-16)19-6-9(17)18-2/h3-5H,6H2,1-2H3. The Bertz CT molecular complexity index is 599. The first-order chi connectivity index (χ1) is 9.10. The highest BCUT2D eigenvalue weighted by molar-refractivity contribution is 5.70. The van der Waals surface area contributed by atoms with Gasteiger partial charge in [0.05, 0.1) is 13.3 Å². The summed E-state index contributed by atoms with van der Waals surface area (Å²) in [6, 6.07) is 1.29. The van der Waals surface area contributed by atoms with Gasteiger partial charge in [0, 0.05) is 18.8 Å². The molecule has 0 saturated heterocycles. The van der Waals surface area contributed by atoms with Crippen LogP contribution in [0.4, 0.5) is 4.39 Å². The van der Waals surface area contributed by atoms with Crippen molar-refractivity contribution in [1.82, 2.24) is 19.7 Å². The second kappa shape index (κ2) is 5.42. The Morgan fingerprint density at radius 2 is 2.26 bits per heavy atom. The van der Waals surface area contributed by atoms with Gasteiger partial charge >= 0.3 is 12.0 Å². The van der Waals surface area contributed by atoms with Crippen molar-refractivity contribution in [3.05, 3.63) is 24.3 Å². The quantitative estimate of drug-likeness (QED) is 0.753. The molecule has 0 atom stereocenters. The van der Waals surface area contributed by atoms with Crippen molar-refractivity contribution in [2.75, 3.05) is 13.7 Å². The van der Waals surface area contributed by atoms with Gasteiger partial charge < -0.3 is 9.47 Å². The number of pyridine rings is 1. The summed E-state index contributed by atoms with van der Waals surface area (Å²) < 4.78 is 23.9. The molecule has 2 heterocycles. The Balaban J connectivity index is 2.19. The third-order valence-corrected chi connectivity index (χ3v) is 2.25. The highest BCUT2D eigenvalue weighted by atomic mass is 19.1. The van der Waals surface area contributed by atoms with Crippen molar-refractivity contribution in [2.24, 2.45) is 7.05 Å². The predicted octanol–water partition coefficient (Wildman–Crippen LogP) is 0.568. The Kier molecular flexibility index (Phi) is 3.69. The summed E-state index contributed by atoms with van der Waals surface area (Å²) in [5.74, 6) is -0.633. The zero-order valence-corrected chi connectivity index (χ0v) is 10.3. The molecule has 0 fully saturated rings. The molecule has 2 aromatic rings. The lowest BCUT2D eigenvalue weighted by Gasteiger charge is -1.98. The van der Waals surface area contributed by atoms with Crippen LogP contribution in [0, 0.1) is 5.82 Å². The zero-order valence-electron chi connectivity index (χ0n) is 10.3. The molecule has 0 radical (unpaired) electrons. The van der Waals surface area contributed by atoms with Gasteiger partial charge in [0.1, 0.15) is 5.82 Å². The molecule has 7 nitrogen and oxygen atoms in total. The van der Waals surface area contributed by atoms with Gasteiger partial charge in [0.25, 0.3) is 0 Å². The molecule has 0 aliphatic heterocycles. The van der Waals surface area contributed by atoms with E-state index in [4.69, 9.17) is 4.74 Å². The highest BCUT2D eigenvalue weighted by Crippen LogP contribution is 2.18. The number of carbonyl (C=O) groups excluding carboxylic acids is 1. The minimum atomic E-state index is -0.540. The van der Waals surface area contributed by atoms with Crippen LogP contribution in [0.1, 0.15) is 0 Å². The molecule has 0 aliphatic carbocycles. The van der Waals surface area contributed by atoms with E-state index in [2.05, 4.69) is 19.8 Å². The van der Waals surface area contributed by atoms with Crippen molar-refractivity contribution in [3.63, 3.8) is 0 Å². The maximum atomic E-state index is 13.1. The van der Waals surface area contributed by atoms with Gasteiger partial charge in [-0.2, -0.15) is 4.98 Å². The van der Waals surface area contributed by atoms with E-state index in [0.29, 0.717) is 11.4 Å². The van der Waals surface area contributed by atoms with E-state index >= 15 is 0 Å². The van der Waals surface area contributed by atoms with Gasteiger partial charge in [-0.05, 0) is 6.07 Å². The average molecular weight is 266 g/mol. The fourth-order valence-corrected chi connectivity index (χ4v) is 1.39. The lowest BCUT2D eigenvalue weighted by atomic mass is 10.3. The van der Waals surface area contributed by atoms with Crippen LogP contribution in [0.5, 0.6) is 6.01 Å². The monoisotopic (exact) mass is 266 g/mol. The van der Waals surface area contributed by atoms with Crippen molar-refractivity contribution in [1.29, 1.82) is 0 Å². The summed E-state index contributed by atoms with van der Waals surface area (Å²) in [6.45, 7) is -0.290. The number of hydrogen-bond donors (Lipinski definition) is 0. The number of ether oxygens (including phenoxy) is 2. The van der Waals surface area contributed by atoms with Gasteiger partial charge in [-0.1, -0.05) is 0 Å². The van der Waals surface area contributed by atoms with Crippen LogP contribution in [-0.4, -0.2) is 39.4 Å². The SMILES string of the molecule is COC(=O)COc1nc(-c2cncc(F)c2)n(C)n1. The van der Waals surface area contributed by atoms with E-state index in [1.54, 1.807) is 7.05 Å². The second-order valence-electron chi connectivity index (χ2n) is 3.60. The number of halogens is 1. The molecule has 8 heteroatoms. The fourth-order valence-electron chi connectivity index (χ4n) is 1.39. The molecular weight excluding hydrogens is 255 g/mol. The summed E-state index contributed by atoms with van der Waals surface area (Å²) in [4.78, 5) is 18.7. The van der Waals surface area contributed by atoms with Crippen LogP contribution in [0.2, 0.25) is 0 Å². The molecule has 2 aromatic heterocycles. The lowest BCUT2D eigenvalue weighted by molar-refractivity contribution is -0.143. The summed E-state index contributed by atoms with van der Waals surface area (Å²) in [5, 5.41) is 3.95. The molecule has 100 valence electrons. The summed E-state index contributed by atoms with van der Waals surface area (Å²) in [5.41, 5.74) is 0.461. The largest absolute Gasteiger partial charge is 0.466 e. The Morgan fingerprint density at radius 3 is 2.95 bits per heavy atom. The van der Waals surface area contributed by atoms with E-state index in [0.717, 1.165) is 6.20 Å². The molecule has 0 bridgehead atoms. The van der Waals surface area contributed by atoms with E-state index in [1.807, 2.05) is 0 Å². The lowest BCUT2D eigenvalue weighted by Crippen LogP contribution is -2.13. The van der Waals surface area contributed by atoms with Gasteiger partial charge in [-0.25, -0.2) is 13.9 Å². The topological polar surface area (TPSA) is 79.1 Å². The Labute approximate surface area is 108 Å². The normalized spacial score (nSPS) is 10.3. The molecular formula is C11H11FN4O3. The average Bonchev–Trinajstić information content (AvgIpc) is 2.77. The smallest absolute Gasteiger partial charge is 0.344 e. The number of carbonyl (C=O) groups is 1. The molecule has 0 unspecified atom stereocenters. The van der Waals surface area contributed by atoms with Crippen LogP contribution in [0.3, 0.4) is 0 Å². The van der Waals surface area contributed by atoms with E-state index in [-0.39, 0.29) is 12.6 Å². The third kappa shape index (κ3) is 3.03. The first kappa shape index (κ1) is 12.9. The number of nitrogens with zero attached hydrogens (tertiary/aromatic N) is 4. The molecule has 19 heavy (non-hydrogen) atoms. The second-order valence-corrected chi connectivity index (χ2v) is 3.60. The maximum Gasteiger partial charge on any atom is 0.344 e. The summed E-state index contributed by atoms with van der Waals surface area (Å²) >= 11 is 0. The van der Waals surface area contributed by atoms with Gasteiger partial charge in [0.15, 0.2) is 12.4 Å². The molecule has 0 spiro atoms. The maximum absolute atomic E-state index is 13.1. The number of esters is 1. The number of methoxy groups -OCH3 is 1. The van der Waals surface area contributed by atoms with E-state index < -0.39 is 11.8 Å². The molecule has 0 aliphatic rings. The number of aromatic nitrogens is 4. The van der Waals surface area contributed by atoms with Gasteiger partial charge in [-0.3, -0.25) is 4.98 Å². The highest BCUT2D eigenvalue weighted by Gasteiger charge is 2.12. The van der Waals surface area contributed by atoms with Crippen molar-refractivity contribution < 1.29 is 18.7 Å². The van der Waals surface area contributed by atoms with Crippen molar-refractivity contribution >= 4 is 5.97 Å². The van der Waals surface area contributed by atoms with Crippen LogP contribution in [0.25, 0.3) is 11.4 Å². The van der Waals surface area contributed by atoms with E-state index in [9.17, 15) is 9.18 Å². The Morgan fingerprint density at radius 1 is 1.47 bits per heavy atom. The van der Waals surface area contributed by atoms with Crippen molar-refractivity contribution in [2.45, 2.75) is 0 Å². The number of hydrogen-bond acceptors (Lipinski definition) is 6. The molecule has 2 rings (SSSR count). The first-order valence-electron chi connectivity index (χ1n) is 5.31. The van der Waals surface area contributed by atoms with E-state index in [1.165, 1.54) is 24.1 Å². The number of rotatable bonds is 4. The Hall–Kier alpha value is -2.51. The minimum Gasteiger partial charge on any atom is -0.466 e. The predicted molar refractivity (Wildman–Crippen MR) is 61.7 cm³/mol. The van der Waals surface area contributed by atoms with Crippen LogP contribution < -0.4 is 4.74 Å². The molecule has 0 amide bonds. The third-order valence-electron chi connectivity index (χ3n) is 2.25. The zero-order chi connectivity index (χ0) is 13.8. The molecule has 0 aromatic carbocycles. The molecule has 0 N–H and O–H groups in total. The fraction of sp³-hybridized carbons (Fsp3) is 0.273. The van der Waals surface area contributed by atoms with Crippen LogP contribution in [0.15, 0.2) is 18.5 Å². The molecule has 0 saturated carbocycles. The summed E-state index contributed by atoms with van der Waals surface area (Å²) in [6.07, 6.45) is 2.55. The summed E-state index contributed by atoms with van der Waals surface area (Å²) in [7, 11) is 2.87. The minimum absolute atomic E-state index is 0.00663. The first-order valence-corrected chi connectivity index (χ1v) is 5.31. The van der Waals surface area contributed by atoms with Crippen LogP contribution in [-0.2, 0) is 16.6 Å². The van der Waals surface area contributed by atoms with Crippen molar-refractivity contribution in [3.8, 4) is 17.4 Å². The van der Waals surface area contributed by atoms with Gasteiger partial charge in [0.2, 0.25) is 0 Å². The van der Waals surface area contributed by atoms with Gasteiger partial charge in [-0.15, -0.1) is 5.10 Å².